The van der Waals surface area contributed by atoms with Gasteiger partial charge in [0.1, 0.15) is 95.5 Å². The first-order valence-corrected chi connectivity index (χ1v) is 39.7. The fourth-order valence-electron chi connectivity index (χ4n) is 13.7. The minimum absolute atomic E-state index is 0.294. The number of hydrogen-bond donors (Lipinski definition) is 23. The van der Waals surface area contributed by atoms with Gasteiger partial charge >= 0.3 is 21.2 Å². The van der Waals surface area contributed by atoms with Crippen LogP contribution in [0.25, 0.3) is 11.1 Å². The molecule has 2 saturated heterocycles. The van der Waals surface area contributed by atoms with Gasteiger partial charge in [0.05, 0.1) is 35.3 Å². The number of primary amides is 1. The van der Waals surface area contributed by atoms with Crippen molar-refractivity contribution in [3.05, 3.63) is 117 Å². The lowest BCUT2D eigenvalue weighted by atomic mass is 9.86. The van der Waals surface area contributed by atoms with Crippen molar-refractivity contribution in [2.24, 2.45) is 17.4 Å². The van der Waals surface area contributed by atoms with Crippen LogP contribution < -0.4 is 62.9 Å². The van der Waals surface area contributed by atoms with Crippen LogP contribution in [0.15, 0.2) is 78.9 Å². The maximum atomic E-state index is 16.2. The molecule has 7 aliphatic rings. The summed E-state index contributed by atoms with van der Waals surface area (Å²) < 4.78 is 62.1. The lowest BCUT2D eigenvalue weighted by Crippen LogP contribution is -2.64. The third-order valence-corrected chi connectivity index (χ3v) is 23.7. The van der Waals surface area contributed by atoms with Gasteiger partial charge in [0.15, 0.2) is 29.9 Å². The zero-order chi connectivity index (χ0) is 86.3. The molecule has 117 heavy (non-hydrogen) atoms. The van der Waals surface area contributed by atoms with Crippen LogP contribution in [0.4, 0.5) is 0 Å². The molecular formula is C71H84Cl2N10O32P2. The van der Waals surface area contributed by atoms with Crippen LogP contribution in [0.5, 0.6) is 46.0 Å². The van der Waals surface area contributed by atoms with Crippen molar-refractivity contribution in [3.63, 3.8) is 0 Å². The second-order valence-corrected chi connectivity index (χ2v) is 33.6. The second-order valence-electron chi connectivity index (χ2n) is 29.0. The Morgan fingerprint density at radius 3 is 1.85 bits per heavy atom. The van der Waals surface area contributed by atoms with Gasteiger partial charge < -0.3 is 153 Å². The molecule has 0 saturated carbocycles. The highest BCUT2D eigenvalue weighted by molar-refractivity contribution is 7.70. The van der Waals surface area contributed by atoms with Crippen molar-refractivity contribution in [2.45, 2.75) is 175 Å². The third kappa shape index (κ3) is 20.1. The van der Waals surface area contributed by atoms with E-state index >= 15 is 19.2 Å². The molecule has 18 atom stereocenters. The Bertz CT molecular complexity index is 4820. The van der Waals surface area contributed by atoms with Crippen LogP contribution in [-0.4, -0.2) is 233 Å². The minimum atomic E-state index is -5.72. The number of carboxylic acid groups (broad SMARTS) is 1. The smallest absolute Gasteiger partial charge is 0.360 e. The average molecular weight is 1720 g/mol. The molecule has 25 N–H and O–H groups in total. The van der Waals surface area contributed by atoms with E-state index in [9.17, 15) is 109 Å². The summed E-state index contributed by atoms with van der Waals surface area (Å²) in [6.07, 6.45) is -22.1. The van der Waals surface area contributed by atoms with Gasteiger partial charge in [-0.05, 0) is 103 Å². The average Bonchev–Trinajstić information content (AvgIpc) is 0.765. The number of aliphatic carboxylic acids is 1. The molecule has 0 unspecified atom stereocenters. The molecule has 42 nitrogen and oxygen atoms in total. The van der Waals surface area contributed by atoms with Crippen LogP contribution >= 0.6 is 38.4 Å². The number of benzene rings is 5. The molecule has 46 heteroatoms. The fraction of sp³-hybridized carbons (Fsp3) is 0.437. The summed E-state index contributed by atoms with van der Waals surface area (Å²) in [6, 6.07) is -3.34. The van der Waals surface area contributed by atoms with Gasteiger partial charge in [-0.1, -0.05) is 55.2 Å². The molecule has 634 valence electrons. The van der Waals surface area contributed by atoms with Crippen LogP contribution in [0.3, 0.4) is 0 Å². The van der Waals surface area contributed by atoms with Crippen molar-refractivity contribution in [3.8, 4) is 57.1 Å². The number of phenolic OH excluding ortho intramolecular Hbond substituents is 3. The molecule has 0 aliphatic carbocycles. The number of phenols is 3. The van der Waals surface area contributed by atoms with Crippen molar-refractivity contribution < 1.29 is 156 Å². The zero-order valence-corrected chi connectivity index (χ0v) is 65.4. The lowest BCUT2D eigenvalue weighted by molar-refractivity contribution is -0.333. The maximum absolute atomic E-state index is 16.2. The van der Waals surface area contributed by atoms with Gasteiger partial charge in [-0.25, -0.2) is 4.79 Å². The summed E-state index contributed by atoms with van der Waals surface area (Å²) in [5.74, 6) is -20.9. The van der Waals surface area contributed by atoms with E-state index in [0.29, 0.717) is 0 Å². The number of amides is 9. The molecule has 12 rings (SSSR count). The molecule has 7 aliphatic heterocycles. The first kappa shape index (κ1) is 89.4. The number of nitrogens with two attached hydrogens (primary N) is 2. The first-order chi connectivity index (χ1) is 54.6. The highest BCUT2D eigenvalue weighted by Crippen LogP contribution is 2.58. The van der Waals surface area contributed by atoms with Crippen LogP contribution in [0, 0.1) is 5.92 Å². The number of aliphatic hydroxyl groups excluding tert-OH is 6. The number of rotatable bonds is 19. The standard InChI is InChI=1S/C71H84Cl2N10O32P2/c1-25(2)14-37(83(5)47(90)13-12-46(89)77-70(116(104,105)106)117(107,108)109)63(97)81-53-55(91)28-7-10-40(34(72)16-28)111-42-18-30-19-43(59(42)115-69-60(58(94)57(93)44(24-84)113-69)114-48-23-71(4,75)61(95)26(3)110-48)112-41-11-8-29(17-35(41)73)56(92)54-67(101)80-52(68(102)103)33-20-31(85)21-39(87)49(33)32-15-27(6-9-38(32)86)50(64(98)82-54)79-65(99)51(30)78-62(96)36(22-45(74)88)76-66(53)100/h6-11,15-21,25-26,36-37,44,48,50-58,60-61,69-70,84-87,91-95H,12-14,22-24,75H2,1-5H3,(H2,74,88)(H,76,100)(H,77,89)(H,78,96)(H,79,99)(H,80,101)(H,81,97)(H,82,98)(H,102,103)(H2,104,105,106)(H2,107,108,109)/t26-,36-,37+,44+,48-,50+,51+,52-,53+,54-,55+,56+,57+,58-,60+,61-,69-,71-/m0/s1. The summed E-state index contributed by atoms with van der Waals surface area (Å²) in [5, 5.41) is 129. The Kier molecular flexibility index (Phi) is 27.3. The molecule has 11 bridgehead atoms. The van der Waals surface area contributed by atoms with E-state index in [2.05, 4.69) is 31.9 Å². The summed E-state index contributed by atoms with van der Waals surface area (Å²) in [4.78, 5) is 185. The lowest BCUT2D eigenvalue weighted by Gasteiger charge is -2.47. The number of carboxylic acids is 1. The Morgan fingerprint density at radius 2 is 1.28 bits per heavy atom. The number of carbonyl (C=O) groups is 10. The number of nitrogens with zero attached hydrogens (tertiary/aromatic N) is 1. The SMILES string of the molecule is CC(C)C[C@H](C(=O)N[C@H]1C(=O)N[C@@H](CC(N)=O)C(=O)N[C@H]2C(=O)N[C@H]3C(=O)N[C@H](C(=O)N[C@H](C(=O)O)c4cc(O)cc(O)c4-c4cc3ccc4O)[C@H](O)c3ccc(c(Cl)c3)Oc3cc2cc(c3O[C@@H]2O[C@H](CO)[C@@H](O)[C@H](O)[C@H]2O[C@H]2C[C@](C)(N)[C@@H](O)[C@H](C)O2)Oc2ccc(cc2Cl)[C@H]1O)N(C)C(=O)CCC(=O)NC(P(=O)(O)O)P(=O)(O)O. The molecule has 7 heterocycles. The van der Waals surface area contributed by atoms with Gasteiger partial charge in [-0.15, -0.1) is 0 Å². The summed E-state index contributed by atoms with van der Waals surface area (Å²) in [5.41, 5.74) is 4.33. The molecule has 0 spiro atoms. The van der Waals surface area contributed by atoms with Crippen molar-refractivity contribution >= 4 is 97.5 Å². The number of aromatic hydroxyl groups is 3. The molecule has 0 aromatic heterocycles. The Balaban J connectivity index is 1.18. The molecule has 5 aromatic carbocycles. The van der Waals surface area contributed by atoms with Gasteiger partial charge in [0, 0.05) is 54.6 Å². The van der Waals surface area contributed by atoms with E-state index in [1.54, 1.807) is 13.8 Å². The van der Waals surface area contributed by atoms with Crippen molar-refractivity contribution in [2.75, 3.05) is 13.7 Å². The number of carbonyl (C=O) groups excluding carboxylic acids is 9. The molecule has 0 radical (unpaired) electrons. The van der Waals surface area contributed by atoms with Gasteiger partial charge in [-0.3, -0.25) is 52.3 Å². The number of hydrogen-bond acceptors (Lipinski definition) is 28. The van der Waals surface area contributed by atoms with Gasteiger partial charge in [0.2, 0.25) is 70.7 Å². The summed E-state index contributed by atoms with van der Waals surface area (Å²) in [7, 11) is -10.4. The van der Waals surface area contributed by atoms with Crippen molar-refractivity contribution in [1.82, 2.24) is 42.1 Å². The number of fused-ring (bicyclic) bond motifs is 15. The van der Waals surface area contributed by atoms with Crippen LogP contribution in [0.2, 0.25) is 10.0 Å². The number of aliphatic hydroxyl groups is 6. The van der Waals surface area contributed by atoms with Crippen LogP contribution in [0.1, 0.15) is 118 Å². The number of halogens is 2. The quantitative estimate of drug-likeness (QED) is 0.0436. The van der Waals surface area contributed by atoms with E-state index in [0.717, 1.165) is 90.8 Å². The summed E-state index contributed by atoms with van der Waals surface area (Å²) >= 11 is 14.2. The Morgan fingerprint density at radius 1 is 0.701 bits per heavy atom. The number of nitrogens with one attached hydrogen (secondary N) is 7. The van der Waals surface area contributed by atoms with Gasteiger partial charge in [-0.2, -0.15) is 0 Å². The summed E-state index contributed by atoms with van der Waals surface area (Å²) in [6.45, 7) is 5.04. The molecule has 5 aromatic rings. The van der Waals surface area contributed by atoms with E-state index in [-0.39, 0.29) is 24.0 Å². The minimum Gasteiger partial charge on any atom is -0.508 e. The normalized spacial score (nSPS) is 27.3. The number of ether oxygens (including phenoxy) is 6. The molecule has 2 fully saturated rings. The largest absolute Gasteiger partial charge is 0.508 e. The molecular weight excluding hydrogens is 1640 g/mol. The van der Waals surface area contributed by atoms with Gasteiger partial charge in [0.25, 0.3) is 0 Å². The Labute approximate surface area is 672 Å². The van der Waals surface area contributed by atoms with E-state index < -0.39 is 305 Å². The topological polar surface area (TPSA) is 683 Å². The number of likely N-dealkylation sites (N-methyl/N-ethyl adjacent to an activating group) is 1. The van der Waals surface area contributed by atoms with E-state index in [1.165, 1.54) is 19.2 Å². The second kappa shape index (κ2) is 35.7. The maximum Gasteiger partial charge on any atom is 0.360 e. The zero-order valence-electron chi connectivity index (χ0n) is 62.1. The van der Waals surface area contributed by atoms with E-state index in [1.807, 2.05) is 0 Å². The highest BCUT2D eigenvalue weighted by Gasteiger charge is 2.52. The monoisotopic (exact) mass is 1720 g/mol. The highest BCUT2D eigenvalue weighted by atomic mass is 35.5. The van der Waals surface area contributed by atoms with Crippen molar-refractivity contribution in [1.29, 1.82) is 0 Å². The third-order valence-electron chi connectivity index (χ3n) is 19.8. The predicted molar refractivity (Wildman–Crippen MR) is 398 cm³/mol. The first-order valence-electron chi connectivity index (χ1n) is 35.6. The van der Waals surface area contributed by atoms with Crippen LogP contribution in [-0.2, 0) is 71.3 Å². The predicted octanol–water partition coefficient (Wildman–Crippen LogP) is -1.12. The fourth-order valence-corrected chi connectivity index (χ4v) is 16.3. The molecule has 9 amide bonds. The Hall–Kier alpha value is -9.92. The van der Waals surface area contributed by atoms with E-state index in [4.69, 9.17) is 63.1 Å².